The van der Waals surface area contributed by atoms with Crippen LogP contribution in [-0.4, -0.2) is 21.9 Å². The van der Waals surface area contributed by atoms with Gasteiger partial charge >= 0.3 is 6.36 Å². The van der Waals surface area contributed by atoms with Crippen LogP contribution in [0.4, 0.5) is 13.2 Å². The maximum Gasteiger partial charge on any atom is 0.573 e. The lowest BCUT2D eigenvalue weighted by Crippen LogP contribution is -2.17. The minimum atomic E-state index is -4.82. The van der Waals surface area contributed by atoms with E-state index in [0.29, 0.717) is 41.8 Å². The molecule has 0 saturated carbocycles. The summed E-state index contributed by atoms with van der Waals surface area (Å²) < 4.78 is 44.2. The molecule has 0 saturated heterocycles. The number of alkyl halides is 3. The maximum atomic E-state index is 12.7. The van der Waals surface area contributed by atoms with Crippen molar-refractivity contribution >= 4 is 5.91 Å². The van der Waals surface area contributed by atoms with E-state index >= 15 is 0 Å². The van der Waals surface area contributed by atoms with E-state index in [1.165, 1.54) is 18.2 Å². The van der Waals surface area contributed by atoms with E-state index in [1.807, 2.05) is 23.6 Å². The molecule has 8 heteroatoms. The number of phenols is 1. The summed E-state index contributed by atoms with van der Waals surface area (Å²) in [5.74, 6) is -0.820. The summed E-state index contributed by atoms with van der Waals surface area (Å²) in [4.78, 5) is 12.4. The Kier molecular flexibility index (Phi) is 6.81. The normalized spacial score (nSPS) is 11.5. The second-order valence-electron chi connectivity index (χ2n) is 7.54. The third-order valence-electron chi connectivity index (χ3n) is 5.28. The highest BCUT2D eigenvalue weighted by Crippen LogP contribution is 2.36. The zero-order valence-electron chi connectivity index (χ0n) is 17.9. The van der Waals surface area contributed by atoms with Crippen LogP contribution in [0.15, 0.2) is 48.5 Å². The smallest absolute Gasteiger partial charge is 0.508 e. The highest BCUT2D eigenvalue weighted by molar-refractivity contribution is 6.02. The zero-order valence-corrected chi connectivity index (χ0v) is 17.9. The number of nitrogens with two attached hydrogens (primary N) is 1. The fraction of sp³-hybridized carbons (Fsp3) is 0.292. The number of carbonyl (C=O) groups is 1. The Hall–Kier alpha value is -3.42. The fourth-order valence-electron chi connectivity index (χ4n) is 3.96. The molecule has 5 nitrogen and oxygen atoms in total. The van der Waals surface area contributed by atoms with Gasteiger partial charge in [0.2, 0.25) is 0 Å². The molecule has 3 rings (SSSR count). The first-order valence-electron chi connectivity index (χ1n) is 10.3. The van der Waals surface area contributed by atoms with Crippen LogP contribution in [0.5, 0.6) is 11.5 Å². The van der Waals surface area contributed by atoms with Gasteiger partial charge in [0.25, 0.3) is 5.91 Å². The quantitative estimate of drug-likeness (QED) is 0.489. The number of aromatic hydroxyl groups is 1. The Labute approximate surface area is 184 Å². The molecule has 0 unspecified atom stereocenters. The molecule has 0 aliphatic heterocycles. The molecule has 0 spiro atoms. The standard InChI is InChI=1S/C24H25F3N2O3/c1-3-5-20-22(17-6-4-7-19(14-17)32-24(25,26)27)21(23(28)31)15(2)29(20)13-12-16-8-10-18(30)11-9-16/h4,6-11,14,30H,3,5,12-13H2,1-2H3,(H2,28,31). The summed E-state index contributed by atoms with van der Waals surface area (Å²) in [6, 6.07) is 12.5. The first kappa shape index (κ1) is 23.2. The minimum absolute atomic E-state index is 0.178. The van der Waals surface area contributed by atoms with Gasteiger partial charge in [-0.2, -0.15) is 0 Å². The van der Waals surface area contributed by atoms with Gasteiger partial charge in [0, 0.05) is 23.5 Å². The molecule has 3 N–H and O–H groups in total. The zero-order chi connectivity index (χ0) is 23.5. The molecule has 170 valence electrons. The summed E-state index contributed by atoms with van der Waals surface area (Å²) >= 11 is 0. The number of phenolic OH excluding ortho intramolecular Hbond substituents is 1. The first-order chi connectivity index (χ1) is 15.1. The summed E-state index contributed by atoms with van der Waals surface area (Å²) in [7, 11) is 0. The van der Waals surface area contributed by atoms with E-state index in [9.17, 15) is 23.1 Å². The van der Waals surface area contributed by atoms with Crippen LogP contribution in [-0.2, 0) is 19.4 Å². The Morgan fingerprint density at radius 1 is 1.12 bits per heavy atom. The molecule has 0 atom stereocenters. The number of hydrogen-bond donors (Lipinski definition) is 2. The molecule has 0 aliphatic rings. The largest absolute Gasteiger partial charge is 0.573 e. The number of benzene rings is 2. The van der Waals surface area contributed by atoms with Crippen molar-refractivity contribution in [1.29, 1.82) is 0 Å². The number of primary amides is 1. The molecule has 0 aliphatic carbocycles. The molecule has 3 aromatic rings. The van der Waals surface area contributed by atoms with Gasteiger partial charge < -0.3 is 20.1 Å². The Bertz CT molecular complexity index is 1100. The number of aromatic nitrogens is 1. The van der Waals surface area contributed by atoms with E-state index in [2.05, 4.69) is 4.74 Å². The molecule has 2 aromatic carbocycles. The molecule has 0 fully saturated rings. The molecule has 0 radical (unpaired) electrons. The molecular formula is C24H25F3N2O3. The van der Waals surface area contributed by atoms with Crippen molar-refractivity contribution in [2.75, 3.05) is 0 Å². The van der Waals surface area contributed by atoms with Crippen LogP contribution < -0.4 is 10.5 Å². The average molecular weight is 446 g/mol. The summed E-state index contributed by atoms with van der Waals surface area (Å²) in [6.45, 7) is 4.32. The van der Waals surface area contributed by atoms with Crippen molar-refractivity contribution < 1.29 is 27.8 Å². The second kappa shape index (κ2) is 9.38. The highest BCUT2D eigenvalue weighted by atomic mass is 19.4. The molecular weight excluding hydrogens is 421 g/mol. The van der Waals surface area contributed by atoms with Crippen molar-refractivity contribution in [1.82, 2.24) is 4.57 Å². The third kappa shape index (κ3) is 5.25. The summed E-state index contributed by atoms with van der Waals surface area (Å²) in [5, 5.41) is 9.48. The van der Waals surface area contributed by atoms with Gasteiger partial charge in [-0.05, 0) is 55.2 Å². The number of carbonyl (C=O) groups excluding carboxylic acids is 1. The van der Waals surface area contributed by atoms with Gasteiger partial charge in [-0.3, -0.25) is 4.79 Å². The Morgan fingerprint density at radius 3 is 2.41 bits per heavy atom. The highest BCUT2D eigenvalue weighted by Gasteiger charge is 2.31. The van der Waals surface area contributed by atoms with Gasteiger partial charge in [0.1, 0.15) is 11.5 Å². The lowest BCUT2D eigenvalue weighted by atomic mass is 9.98. The number of amides is 1. The number of rotatable bonds is 8. The number of nitrogens with zero attached hydrogens (tertiary/aromatic N) is 1. The predicted molar refractivity (Wildman–Crippen MR) is 116 cm³/mol. The van der Waals surface area contributed by atoms with Crippen molar-refractivity contribution in [3.8, 4) is 22.6 Å². The topological polar surface area (TPSA) is 77.5 Å². The van der Waals surface area contributed by atoms with E-state index < -0.39 is 12.3 Å². The first-order valence-corrected chi connectivity index (χ1v) is 10.3. The number of ether oxygens (including phenoxy) is 1. The van der Waals surface area contributed by atoms with Crippen LogP contribution in [0.2, 0.25) is 0 Å². The van der Waals surface area contributed by atoms with Gasteiger partial charge in [-0.1, -0.05) is 37.6 Å². The van der Waals surface area contributed by atoms with E-state index in [0.717, 1.165) is 17.7 Å². The van der Waals surface area contributed by atoms with Gasteiger partial charge in [0.15, 0.2) is 0 Å². The average Bonchev–Trinajstić information content (AvgIpc) is 2.98. The van der Waals surface area contributed by atoms with Crippen LogP contribution in [0.1, 0.15) is 40.7 Å². The van der Waals surface area contributed by atoms with Gasteiger partial charge in [0.05, 0.1) is 5.56 Å². The number of halogens is 3. The Morgan fingerprint density at radius 2 is 1.81 bits per heavy atom. The molecule has 0 bridgehead atoms. The summed E-state index contributed by atoms with van der Waals surface area (Å²) in [5.41, 5.74) is 9.48. The van der Waals surface area contributed by atoms with Crippen LogP contribution in [0, 0.1) is 6.92 Å². The predicted octanol–water partition coefficient (Wildman–Crippen LogP) is 5.36. The van der Waals surface area contributed by atoms with E-state index in [4.69, 9.17) is 5.73 Å². The fourth-order valence-corrected chi connectivity index (χ4v) is 3.96. The summed E-state index contributed by atoms with van der Waals surface area (Å²) in [6.07, 6.45) is -2.79. The molecule has 1 heterocycles. The second-order valence-corrected chi connectivity index (χ2v) is 7.54. The van der Waals surface area contributed by atoms with Crippen LogP contribution in [0.25, 0.3) is 11.1 Å². The van der Waals surface area contributed by atoms with Gasteiger partial charge in [-0.25, -0.2) is 0 Å². The third-order valence-corrected chi connectivity index (χ3v) is 5.28. The maximum absolute atomic E-state index is 12.7. The molecule has 32 heavy (non-hydrogen) atoms. The van der Waals surface area contributed by atoms with E-state index in [-0.39, 0.29) is 11.5 Å². The van der Waals surface area contributed by atoms with E-state index in [1.54, 1.807) is 25.1 Å². The van der Waals surface area contributed by atoms with Crippen molar-refractivity contribution in [3.63, 3.8) is 0 Å². The lowest BCUT2D eigenvalue weighted by Gasteiger charge is -2.14. The Balaban J connectivity index is 2.09. The lowest BCUT2D eigenvalue weighted by molar-refractivity contribution is -0.274. The van der Waals surface area contributed by atoms with Crippen molar-refractivity contribution in [2.45, 2.75) is 46.0 Å². The van der Waals surface area contributed by atoms with Crippen LogP contribution >= 0.6 is 0 Å². The SMILES string of the molecule is CCCc1c(-c2cccc(OC(F)(F)F)c2)c(C(N)=O)c(C)n1CCc1ccc(O)cc1. The molecule has 1 aromatic heterocycles. The van der Waals surface area contributed by atoms with Crippen molar-refractivity contribution in [2.24, 2.45) is 5.73 Å². The van der Waals surface area contributed by atoms with Gasteiger partial charge in [-0.15, -0.1) is 13.2 Å². The van der Waals surface area contributed by atoms with Crippen LogP contribution in [0.3, 0.4) is 0 Å². The monoisotopic (exact) mass is 446 g/mol. The van der Waals surface area contributed by atoms with Crippen molar-refractivity contribution in [3.05, 3.63) is 71.0 Å². The number of hydrogen-bond acceptors (Lipinski definition) is 3. The minimum Gasteiger partial charge on any atom is -0.508 e. The molecule has 1 amide bonds. The number of aryl methyl sites for hydroxylation is 1.